The molecule has 2 aromatic rings. The number of nitrogens with zero attached hydrogens (tertiary/aromatic N) is 3. The Morgan fingerprint density at radius 3 is 2.61 bits per heavy atom. The summed E-state index contributed by atoms with van der Waals surface area (Å²) < 4.78 is 16.7. The van der Waals surface area contributed by atoms with E-state index in [0.717, 1.165) is 0 Å². The van der Waals surface area contributed by atoms with Gasteiger partial charge in [0.25, 0.3) is 11.8 Å². The predicted octanol–water partition coefficient (Wildman–Crippen LogP) is 2.31. The molecule has 0 saturated heterocycles. The zero-order valence-electron chi connectivity index (χ0n) is 21.4. The van der Waals surface area contributed by atoms with Crippen LogP contribution in [0.5, 0.6) is 5.75 Å². The van der Waals surface area contributed by atoms with Gasteiger partial charge in [-0.25, -0.2) is 0 Å². The van der Waals surface area contributed by atoms with Crippen molar-refractivity contribution in [1.82, 2.24) is 14.8 Å². The molecule has 10 heteroatoms. The van der Waals surface area contributed by atoms with Crippen LogP contribution >= 0.6 is 0 Å². The van der Waals surface area contributed by atoms with E-state index in [1.807, 2.05) is 13.8 Å². The Bertz CT molecular complexity index is 1060. The summed E-state index contributed by atoms with van der Waals surface area (Å²) in [6, 6.07) is 9.79. The van der Waals surface area contributed by atoms with Gasteiger partial charge >= 0.3 is 0 Å². The Morgan fingerprint density at radius 1 is 1.17 bits per heavy atom. The number of hydrogen-bond donors (Lipinski definition) is 1. The molecule has 3 atom stereocenters. The first-order valence-corrected chi connectivity index (χ1v) is 11.8. The lowest BCUT2D eigenvalue weighted by Crippen LogP contribution is -2.48. The Morgan fingerprint density at radius 2 is 1.94 bits per heavy atom. The summed E-state index contributed by atoms with van der Waals surface area (Å²) in [5.74, 6) is -0.531. The highest BCUT2D eigenvalue weighted by Gasteiger charge is 2.31. The fourth-order valence-electron chi connectivity index (χ4n) is 4.10. The second-order valence-electron chi connectivity index (χ2n) is 8.96. The zero-order chi connectivity index (χ0) is 26.2. The molecule has 10 nitrogen and oxygen atoms in total. The van der Waals surface area contributed by atoms with Gasteiger partial charge in [0.2, 0.25) is 5.91 Å². The maximum absolute atomic E-state index is 13.4. The summed E-state index contributed by atoms with van der Waals surface area (Å²) in [7, 11) is 4.72. The molecule has 1 N–H and O–H groups in total. The van der Waals surface area contributed by atoms with Crippen LogP contribution in [0, 0.1) is 5.92 Å². The maximum atomic E-state index is 13.4. The van der Waals surface area contributed by atoms with Crippen molar-refractivity contribution in [3.63, 3.8) is 0 Å². The molecule has 3 amide bonds. The number of nitrogens with one attached hydrogen (secondary N) is 1. The number of aromatic nitrogens is 1. The van der Waals surface area contributed by atoms with Crippen LogP contribution in [-0.2, 0) is 14.3 Å². The number of ether oxygens (including phenoxy) is 3. The van der Waals surface area contributed by atoms with E-state index in [1.165, 1.54) is 7.11 Å². The molecule has 1 aliphatic heterocycles. The van der Waals surface area contributed by atoms with Gasteiger partial charge in [0, 0.05) is 52.2 Å². The van der Waals surface area contributed by atoms with Crippen molar-refractivity contribution in [2.45, 2.75) is 26.0 Å². The molecule has 0 spiro atoms. The number of anilines is 1. The molecule has 3 rings (SSSR count). The summed E-state index contributed by atoms with van der Waals surface area (Å²) in [6.45, 7) is 4.64. The third-order valence-electron chi connectivity index (χ3n) is 6.15. The van der Waals surface area contributed by atoms with E-state index >= 15 is 0 Å². The minimum Gasteiger partial charge on any atom is -0.491 e. The average molecular weight is 499 g/mol. The first kappa shape index (κ1) is 27.1. The fourth-order valence-corrected chi connectivity index (χ4v) is 4.10. The number of rotatable bonds is 5. The van der Waals surface area contributed by atoms with Crippen LogP contribution in [0.2, 0.25) is 0 Å². The first-order valence-electron chi connectivity index (χ1n) is 11.8. The van der Waals surface area contributed by atoms with Gasteiger partial charge in [-0.3, -0.25) is 19.4 Å². The van der Waals surface area contributed by atoms with Gasteiger partial charge in [-0.1, -0.05) is 13.0 Å². The van der Waals surface area contributed by atoms with Crippen LogP contribution in [0.3, 0.4) is 0 Å². The van der Waals surface area contributed by atoms with Gasteiger partial charge in [0.15, 0.2) is 0 Å². The van der Waals surface area contributed by atoms with Crippen molar-refractivity contribution in [3.8, 4) is 5.75 Å². The second-order valence-corrected chi connectivity index (χ2v) is 8.96. The molecule has 194 valence electrons. The van der Waals surface area contributed by atoms with Crippen molar-refractivity contribution in [1.29, 1.82) is 0 Å². The van der Waals surface area contributed by atoms with Crippen LogP contribution in [0.15, 0.2) is 42.6 Å². The SMILES string of the molecule is COCC(=O)Nc1ccc2c(c1)C(=O)N(C)C[C@H](OC)[C@H](C)CN(C(=O)c1ccccn1)[C@@H](C)CO2. The van der Waals surface area contributed by atoms with E-state index in [4.69, 9.17) is 14.2 Å². The van der Waals surface area contributed by atoms with Crippen molar-refractivity contribution >= 4 is 23.4 Å². The highest BCUT2D eigenvalue weighted by molar-refractivity contribution is 5.99. The molecule has 0 bridgehead atoms. The Hall–Kier alpha value is -3.50. The number of methoxy groups -OCH3 is 2. The lowest BCUT2D eigenvalue weighted by atomic mass is 10.0. The molecular formula is C26H34N4O6. The second kappa shape index (κ2) is 12.5. The smallest absolute Gasteiger partial charge is 0.272 e. The number of likely N-dealkylation sites (N-methyl/N-ethyl adjacent to an activating group) is 1. The number of carbonyl (C=O) groups is 3. The summed E-state index contributed by atoms with van der Waals surface area (Å²) in [4.78, 5) is 46.3. The average Bonchev–Trinajstić information content (AvgIpc) is 2.88. The molecule has 36 heavy (non-hydrogen) atoms. The number of amides is 3. The summed E-state index contributed by atoms with van der Waals surface area (Å²) in [5, 5.41) is 2.72. The van der Waals surface area contributed by atoms with Crippen LogP contribution in [0.25, 0.3) is 0 Å². The summed E-state index contributed by atoms with van der Waals surface area (Å²) >= 11 is 0. The largest absolute Gasteiger partial charge is 0.491 e. The van der Waals surface area contributed by atoms with E-state index < -0.39 is 0 Å². The molecule has 0 fully saturated rings. The van der Waals surface area contributed by atoms with Crippen molar-refractivity contribution in [3.05, 3.63) is 53.9 Å². The summed E-state index contributed by atoms with van der Waals surface area (Å²) in [6.07, 6.45) is 1.27. The van der Waals surface area contributed by atoms with Gasteiger partial charge in [-0.2, -0.15) is 0 Å². The van der Waals surface area contributed by atoms with Crippen LogP contribution in [-0.4, -0.2) is 92.2 Å². The van der Waals surface area contributed by atoms with E-state index in [9.17, 15) is 14.4 Å². The lowest BCUT2D eigenvalue weighted by Gasteiger charge is -2.36. The molecule has 0 aliphatic carbocycles. The van der Waals surface area contributed by atoms with E-state index in [0.29, 0.717) is 35.8 Å². The normalized spacial score (nSPS) is 21.0. The number of fused-ring (bicyclic) bond motifs is 1. The lowest BCUT2D eigenvalue weighted by molar-refractivity contribution is -0.119. The molecule has 0 unspecified atom stereocenters. The topological polar surface area (TPSA) is 110 Å². The molecule has 0 saturated carbocycles. The molecule has 0 radical (unpaired) electrons. The van der Waals surface area contributed by atoms with Crippen molar-refractivity contribution < 1.29 is 28.6 Å². The van der Waals surface area contributed by atoms with E-state index in [1.54, 1.807) is 66.6 Å². The van der Waals surface area contributed by atoms with Crippen molar-refractivity contribution in [2.75, 3.05) is 52.9 Å². The first-order chi connectivity index (χ1) is 17.2. The van der Waals surface area contributed by atoms with Crippen LogP contribution < -0.4 is 10.1 Å². The van der Waals surface area contributed by atoms with E-state index in [2.05, 4.69) is 10.3 Å². The van der Waals surface area contributed by atoms with E-state index in [-0.39, 0.29) is 49.0 Å². The predicted molar refractivity (Wildman–Crippen MR) is 134 cm³/mol. The van der Waals surface area contributed by atoms with Gasteiger partial charge < -0.3 is 29.3 Å². The minimum atomic E-state index is -0.335. The zero-order valence-corrected chi connectivity index (χ0v) is 21.4. The van der Waals surface area contributed by atoms with Gasteiger partial charge in [-0.15, -0.1) is 0 Å². The molecule has 1 aromatic carbocycles. The Labute approximate surface area is 211 Å². The van der Waals surface area contributed by atoms with Gasteiger partial charge in [0.1, 0.15) is 24.7 Å². The minimum absolute atomic E-state index is 0.0843. The quantitative estimate of drug-likeness (QED) is 0.674. The molecule has 1 aromatic heterocycles. The van der Waals surface area contributed by atoms with Crippen LogP contribution in [0.4, 0.5) is 5.69 Å². The Kier molecular flexibility index (Phi) is 9.38. The Balaban J connectivity index is 1.96. The van der Waals surface area contributed by atoms with Crippen LogP contribution in [0.1, 0.15) is 34.7 Å². The number of hydrogen-bond acceptors (Lipinski definition) is 7. The number of carbonyl (C=O) groups excluding carboxylic acids is 3. The molecule has 2 heterocycles. The fraction of sp³-hybridized carbons (Fsp3) is 0.462. The maximum Gasteiger partial charge on any atom is 0.272 e. The molecular weight excluding hydrogens is 464 g/mol. The third kappa shape index (κ3) is 6.58. The standard InChI is InChI=1S/C26H34N4O6/c1-17-13-30(26(33)21-8-6-7-11-27-21)18(2)15-36-22-10-9-19(28-24(31)16-34-4)12-20(22)25(32)29(3)14-23(17)35-5/h6-12,17-18,23H,13-16H2,1-5H3,(H,28,31)/t17-,18+,23+/m1/s1. The highest BCUT2D eigenvalue weighted by Crippen LogP contribution is 2.26. The monoisotopic (exact) mass is 498 g/mol. The summed E-state index contributed by atoms with van der Waals surface area (Å²) in [5.41, 5.74) is 1.09. The number of pyridine rings is 1. The van der Waals surface area contributed by atoms with Gasteiger partial charge in [0.05, 0.1) is 17.7 Å². The van der Waals surface area contributed by atoms with Crippen molar-refractivity contribution in [2.24, 2.45) is 5.92 Å². The highest BCUT2D eigenvalue weighted by atomic mass is 16.5. The van der Waals surface area contributed by atoms with Gasteiger partial charge in [-0.05, 0) is 37.3 Å². The third-order valence-corrected chi connectivity index (χ3v) is 6.15. The number of benzene rings is 1. The molecule has 1 aliphatic rings.